The van der Waals surface area contributed by atoms with Crippen molar-refractivity contribution in [1.82, 2.24) is 0 Å². The lowest BCUT2D eigenvalue weighted by Gasteiger charge is -2.16. The number of Topliss-reactive ketones (excluding diaryl/α,β-unsaturated/α-hetero) is 2. The minimum atomic E-state index is -0.375. The molecule has 0 bridgehead atoms. The summed E-state index contributed by atoms with van der Waals surface area (Å²) in [7, 11) is 0. The Morgan fingerprint density at radius 1 is 0.625 bits per heavy atom. The minimum absolute atomic E-state index is 0.141. The normalized spacial score (nSPS) is 12.3. The van der Waals surface area contributed by atoms with Crippen LogP contribution in [0.4, 0.5) is 0 Å². The maximum atomic E-state index is 12.3. The zero-order valence-corrected chi connectivity index (χ0v) is 20.2. The molecule has 0 N–H and O–H groups in total. The highest BCUT2D eigenvalue weighted by Gasteiger charge is 2.23. The fourth-order valence-corrected chi connectivity index (χ4v) is 3.00. The Bertz CT molecular complexity index is 830. The van der Waals surface area contributed by atoms with Crippen LogP contribution in [0.1, 0.15) is 73.4 Å². The first-order chi connectivity index (χ1) is 15.0. The highest BCUT2D eigenvalue weighted by atomic mass is 16.5. The molecule has 172 valence electrons. The van der Waals surface area contributed by atoms with Gasteiger partial charge in [-0.3, -0.25) is 9.59 Å². The molecular formula is C28H36O4. The molecule has 0 heterocycles. The molecule has 0 saturated heterocycles. The molecule has 0 atom stereocenters. The summed E-state index contributed by atoms with van der Waals surface area (Å²) >= 11 is 0. The van der Waals surface area contributed by atoms with Crippen LogP contribution in [0.3, 0.4) is 0 Å². The third kappa shape index (κ3) is 8.18. The molecule has 0 fully saturated rings. The molecule has 4 nitrogen and oxygen atoms in total. The summed E-state index contributed by atoms with van der Waals surface area (Å²) in [5.74, 6) is 0.282. The van der Waals surface area contributed by atoms with E-state index in [0.29, 0.717) is 26.4 Å². The van der Waals surface area contributed by atoms with Gasteiger partial charge in [-0.25, -0.2) is 0 Å². The van der Waals surface area contributed by atoms with Crippen molar-refractivity contribution in [3.63, 3.8) is 0 Å². The van der Waals surface area contributed by atoms with Crippen LogP contribution in [0.5, 0.6) is 0 Å². The van der Waals surface area contributed by atoms with Gasteiger partial charge in [0.15, 0.2) is 11.6 Å². The van der Waals surface area contributed by atoms with Crippen LogP contribution >= 0.6 is 0 Å². The second-order valence-electron chi connectivity index (χ2n) is 10.1. The number of carbonyl (C=O) groups is 2. The van der Waals surface area contributed by atoms with Gasteiger partial charge in [0.25, 0.3) is 0 Å². The Morgan fingerprint density at radius 3 is 1.22 bits per heavy atom. The van der Waals surface area contributed by atoms with E-state index < -0.39 is 0 Å². The lowest BCUT2D eigenvalue weighted by atomic mass is 9.86. The van der Waals surface area contributed by atoms with Gasteiger partial charge in [0, 0.05) is 22.0 Å². The second-order valence-corrected chi connectivity index (χ2v) is 10.1. The van der Waals surface area contributed by atoms with E-state index in [1.54, 1.807) is 0 Å². The largest absolute Gasteiger partial charge is 0.373 e. The highest BCUT2D eigenvalue weighted by Crippen LogP contribution is 2.22. The molecule has 0 spiro atoms. The predicted molar refractivity (Wildman–Crippen MR) is 129 cm³/mol. The van der Waals surface area contributed by atoms with E-state index in [9.17, 15) is 9.59 Å². The minimum Gasteiger partial charge on any atom is -0.373 e. The molecule has 0 unspecified atom stereocenters. The maximum absolute atomic E-state index is 12.3. The molecule has 4 heteroatoms. The van der Waals surface area contributed by atoms with Crippen molar-refractivity contribution in [2.24, 2.45) is 10.8 Å². The molecular weight excluding hydrogens is 400 g/mol. The molecule has 0 aliphatic carbocycles. The van der Waals surface area contributed by atoms with Crippen molar-refractivity contribution < 1.29 is 19.1 Å². The van der Waals surface area contributed by atoms with E-state index in [1.807, 2.05) is 102 Å². The Hall–Kier alpha value is -2.56. The number of rotatable bonds is 10. The van der Waals surface area contributed by atoms with Crippen molar-refractivity contribution in [3.8, 4) is 0 Å². The summed E-state index contributed by atoms with van der Waals surface area (Å²) in [5, 5.41) is 0. The van der Waals surface area contributed by atoms with Crippen LogP contribution in [0.15, 0.2) is 60.7 Å². The lowest BCUT2D eigenvalue weighted by molar-refractivity contribution is 0.0852. The van der Waals surface area contributed by atoms with Gasteiger partial charge in [-0.15, -0.1) is 0 Å². The van der Waals surface area contributed by atoms with Gasteiger partial charge in [-0.2, -0.15) is 0 Å². The molecule has 2 rings (SSSR count). The Balaban J connectivity index is 1.65. The summed E-state index contributed by atoms with van der Waals surface area (Å²) in [6.07, 6.45) is 3.87. The van der Waals surface area contributed by atoms with Crippen LogP contribution in [0.25, 0.3) is 0 Å². The number of carbonyl (C=O) groups excluding carboxylic acids is 2. The first kappa shape index (κ1) is 25.7. The zero-order valence-electron chi connectivity index (χ0n) is 20.2. The summed E-state index contributed by atoms with van der Waals surface area (Å²) in [6.45, 7) is 13.5. The number of hydrogen-bond donors (Lipinski definition) is 0. The molecule has 0 amide bonds. The van der Waals surface area contributed by atoms with Crippen LogP contribution in [-0.2, 0) is 22.7 Å². The van der Waals surface area contributed by atoms with Gasteiger partial charge < -0.3 is 9.47 Å². The van der Waals surface area contributed by atoms with E-state index in [2.05, 4.69) is 0 Å². The summed E-state index contributed by atoms with van der Waals surface area (Å²) in [5.41, 5.74) is 2.78. The first-order valence-electron chi connectivity index (χ1n) is 11.1. The summed E-state index contributed by atoms with van der Waals surface area (Å²) < 4.78 is 11.3. The third-order valence-corrected chi connectivity index (χ3v) is 4.93. The molecule has 0 aliphatic heterocycles. The summed E-state index contributed by atoms with van der Waals surface area (Å²) in [4.78, 5) is 24.5. The maximum Gasteiger partial charge on any atom is 0.168 e. The monoisotopic (exact) mass is 436 g/mol. The molecule has 0 aromatic heterocycles. The zero-order chi connectivity index (χ0) is 23.8. The van der Waals surface area contributed by atoms with E-state index in [0.717, 1.165) is 22.3 Å². The Kier molecular flexibility index (Phi) is 9.11. The first-order valence-corrected chi connectivity index (χ1v) is 11.1. The van der Waals surface area contributed by atoms with Gasteiger partial charge in [0.2, 0.25) is 0 Å². The third-order valence-electron chi connectivity index (χ3n) is 4.93. The number of ketones is 2. The van der Waals surface area contributed by atoms with Gasteiger partial charge in [0.05, 0.1) is 26.4 Å². The van der Waals surface area contributed by atoms with E-state index >= 15 is 0 Å². The van der Waals surface area contributed by atoms with Crippen LogP contribution in [-0.4, -0.2) is 24.8 Å². The smallest absolute Gasteiger partial charge is 0.168 e. The molecule has 0 aliphatic rings. The van der Waals surface area contributed by atoms with Crippen molar-refractivity contribution in [1.29, 1.82) is 0 Å². The molecule has 32 heavy (non-hydrogen) atoms. The second kappa shape index (κ2) is 11.3. The van der Waals surface area contributed by atoms with Crippen molar-refractivity contribution in [2.75, 3.05) is 13.2 Å². The van der Waals surface area contributed by atoms with Gasteiger partial charge in [0.1, 0.15) is 0 Å². The average molecular weight is 437 g/mol. The SMILES string of the molecule is CC(C)(C)C(=O)c1ccc(COC/C=C/COCc2ccc(C(=O)C(C)(C)C)cc2)cc1. The quantitative estimate of drug-likeness (QED) is 0.244. The average Bonchev–Trinajstić information content (AvgIpc) is 2.74. The topological polar surface area (TPSA) is 52.6 Å². The highest BCUT2D eigenvalue weighted by molar-refractivity contribution is 6.00. The number of hydrogen-bond acceptors (Lipinski definition) is 4. The molecule has 0 saturated carbocycles. The lowest BCUT2D eigenvalue weighted by Crippen LogP contribution is -2.20. The standard InChI is InChI=1S/C28H36O4/c1-27(2,3)25(29)23-13-9-21(10-14-23)19-31-17-7-8-18-32-20-22-11-15-24(16-12-22)26(30)28(4,5)6/h7-16H,17-20H2,1-6H3/b8-7+. The number of benzene rings is 2. The van der Waals surface area contributed by atoms with Gasteiger partial charge >= 0.3 is 0 Å². The summed E-state index contributed by atoms with van der Waals surface area (Å²) in [6, 6.07) is 15.2. The van der Waals surface area contributed by atoms with Gasteiger partial charge in [-0.05, 0) is 11.1 Å². The number of ether oxygens (including phenoxy) is 2. The fraction of sp³-hybridized carbons (Fsp3) is 0.429. The Labute approximate surface area is 192 Å². The predicted octanol–water partition coefficient (Wildman–Crippen LogP) is 6.43. The Morgan fingerprint density at radius 2 is 0.938 bits per heavy atom. The fourth-order valence-electron chi connectivity index (χ4n) is 3.00. The molecule has 2 aromatic rings. The molecule has 0 radical (unpaired) electrons. The van der Waals surface area contributed by atoms with Crippen LogP contribution in [0, 0.1) is 10.8 Å². The van der Waals surface area contributed by atoms with Crippen LogP contribution < -0.4 is 0 Å². The molecule has 2 aromatic carbocycles. The van der Waals surface area contributed by atoms with Crippen molar-refractivity contribution in [3.05, 3.63) is 82.9 Å². The van der Waals surface area contributed by atoms with Crippen molar-refractivity contribution >= 4 is 11.6 Å². The van der Waals surface area contributed by atoms with Gasteiger partial charge in [-0.1, -0.05) is 102 Å². The van der Waals surface area contributed by atoms with E-state index in [1.165, 1.54) is 0 Å². The van der Waals surface area contributed by atoms with E-state index in [4.69, 9.17) is 9.47 Å². The van der Waals surface area contributed by atoms with E-state index in [-0.39, 0.29) is 22.4 Å². The van der Waals surface area contributed by atoms with Crippen LogP contribution in [0.2, 0.25) is 0 Å². The van der Waals surface area contributed by atoms with Crippen molar-refractivity contribution in [2.45, 2.75) is 54.8 Å².